The number of hydrogen-bond acceptors (Lipinski definition) is 3. The van der Waals surface area contributed by atoms with E-state index in [1.54, 1.807) is 6.20 Å². The molecule has 1 aliphatic carbocycles. The Kier molecular flexibility index (Phi) is 3.03. The number of aromatic nitrogens is 1. The molecule has 2 rings (SSSR count). The number of hydrogen-bond donors (Lipinski definition) is 1. The summed E-state index contributed by atoms with van der Waals surface area (Å²) in [5.41, 5.74) is 0. The summed E-state index contributed by atoms with van der Waals surface area (Å²) < 4.78 is 1.00. The Labute approximate surface area is 91.9 Å². The van der Waals surface area contributed by atoms with Crippen molar-refractivity contribution in [2.45, 2.75) is 18.9 Å². The van der Waals surface area contributed by atoms with Gasteiger partial charge in [-0.15, -0.1) is 0 Å². The molecule has 1 aliphatic rings. The van der Waals surface area contributed by atoms with Crippen molar-refractivity contribution in [1.82, 2.24) is 4.98 Å². The molecule has 1 fully saturated rings. The molecule has 1 N–H and O–H groups in total. The fourth-order valence-electron chi connectivity index (χ4n) is 1.54. The van der Waals surface area contributed by atoms with Gasteiger partial charge < -0.3 is 10.0 Å². The second-order valence-electron chi connectivity index (χ2n) is 3.46. The molecule has 3 nitrogen and oxygen atoms in total. The van der Waals surface area contributed by atoms with E-state index in [0.29, 0.717) is 12.6 Å². The molecule has 0 saturated heterocycles. The highest BCUT2D eigenvalue weighted by molar-refractivity contribution is 9.10. The summed E-state index contributed by atoms with van der Waals surface area (Å²) >= 11 is 3.48. The lowest BCUT2D eigenvalue weighted by Crippen LogP contribution is -2.29. The number of rotatable bonds is 4. The first kappa shape index (κ1) is 9.93. The molecule has 0 aromatic carbocycles. The van der Waals surface area contributed by atoms with Crippen LogP contribution in [-0.2, 0) is 0 Å². The Morgan fingerprint density at radius 3 is 2.93 bits per heavy atom. The van der Waals surface area contributed by atoms with E-state index in [0.717, 1.165) is 10.3 Å². The summed E-state index contributed by atoms with van der Waals surface area (Å²) in [6, 6.07) is 4.46. The number of anilines is 1. The molecule has 0 bridgehead atoms. The molecule has 1 saturated carbocycles. The predicted molar refractivity (Wildman–Crippen MR) is 59.4 cm³/mol. The molecule has 4 heteroatoms. The lowest BCUT2D eigenvalue weighted by Gasteiger charge is -2.23. The van der Waals surface area contributed by atoms with Gasteiger partial charge in [0, 0.05) is 18.8 Å². The van der Waals surface area contributed by atoms with Crippen molar-refractivity contribution in [3.05, 3.63) is 22.8 Å². The first-order chi connectivity index (χ1) is 6.83. The van der Waals surface area contributed by atoms with Crippen LogP contribution in [0, 0.1) is 0 Å². The third-order valence-electron chi connectivity index (χ3n) is 2.34. The van der Waals surface area contributed by atoms with Gasteiger partial charge in [-0.05, 0) is 40.9 Å². The fourth-order valence-corrected chi connectivity index (χ4v) is 2.03. The summed E-state index contributed by atoms with van der Waals surface area (Å²) in [5, 5.41) is 8.98. The number of aliphatic hydroxyl groups is 1. The second-order valence-corrected chi connectivity index (χ2v) is 4.31. The van der Waals surface area contributed by atoms with Crippen LogP contribution in [0.3, 0.4) is 0 Å². The van der Waals surface area contributed by atoms with Crippen molar-refractivity contribution < 1.29 is 5.11 Å². The number of pyridine rings is 1. The van der Waals surface area contributed by atoms with E-state index < -0.39 is 0 Å². The zero-order chi connectivity index (χ0) is 9.97. The molecule has 0 amide bonds. The Balaban J connectivity index is 2.21. The molecule has 14 heavy (non-hydrogen) atoms. The van der Waals surface area contributed by atoms with Crippen LogP contribution in [0.4, 0.5) is 5.82 Å². The van der Waals surface area contributed by atoms with E-state index in [1.807, 2.05) is 12.1 Å². The van der Waals surface area contributed by atoms with Gasteiger partial charge in [-0.3, -0.25) is 0 Å². The van der Waals surface area contributed by atoms with E-state index >= 15 is 0 Å². The molecule has 1 heterocycles. The van der Waals surface area contributed by atoms with Crippen molar-refractivity contribution in [2.24, 2.45) is 0 Å². The molecule has 76 valence electrons. The molecule has 0 aliphatic heterocycles. The molecule has 1 aromatic heterocycles. The highest BCUT2D eigenvalue weighted by atomic mass is 79.9. The topological polar surface area (TPSA) is 36.4 Å². The van der Waals surface area contributed by atoms with Crippen LogP contribution in [0.1, 0.15) is 12.8 Å². The fraction of sp³-hybridized carbons (Fsp3) is 0.500. The molecule has 1 aromatic rings. The van der Waals surface area contributed by atoms with Crippen LogP contribution in [0.5, 0.6) is 0 Å². The summed E-state index contributed by atoms with van der Waals surface area (Å²) in [6.45, 7) is 0.847. The Morgan fingerprint density at radius 2 is 2.36 bits per heavy atom. The van der Waals surface area contributed by atoms with Crippen molar-refractivity contribution in [1.29, 1.82) is 0 Å². The van der Waals surface area contributed by atoms with Gasteiger partial charge >= 0.3 is 0 Å². The molecular formula is C10H13BrN2O. The van der Waals surface area contributed by atoms with Gasteiger partial charge in [-0.25, -0.2) is 4.98 Å². The van der Waals surface area contributed by atoms with E-state index in [2.05, 4.69) is 25.8 Å². The maximum atomic E-state index is 8.98. The van der Waals surface area contributed by atoms with Gasteiger partial charge in [0.05, 0.1) is 11.1 Å². The lowest BCUT2D eigenvalue weighted by molar-refractivity contribution is 0.301. The Hall–Kier alpha value is -0.610. The highest BCUT2D eigenvalue weighted by Gasteiger charge is 2.30. The molecule has 0 atom stereocenters. The summed E-state index contributed by atoms with van der Waals surface area (Å²) in [6.07, 6.45) is 4.21. The maximum absolute atomic E-state index is 8.98. The largest absolute Gasteiger partial charge is 0.395 e. The van der Waals surface area contributed by atoms with E-state index in [9.17, 15) is 0 Å². The van der Waals surface area contributed by atoms with Crippen LogP contribution in [-0.4, -0.2) is 29.3 Å². The lowest BCUT2D eigenvalue weighted by atomic mass is 10.4. The SMILES string of the molecule is OCCN(c1ncccc1Br)C1CC1. The van der Waals surface area contributed by atoms with E-state index in [4.69, 9.17) is 5.11 Å². The molecule has 0 radical (unpaired) electrons. The zero-order valence-corrected chi connectivity index (χ0v) is 9.44. The van der Waals surface area contributed by atoms with Gasteiger partial charge in [0.2, 0.25) is 0 Å². The van der Waals surface area contributed by atoms with Gasteiger partial charge in [0.25, 0.3) is 0 Å². The van der Waals surface area contributed by atoms with Crippen LogP contribution >= 0.6 is 15.9 Å². The first-order valence-corrected chi connectivity index (χ1v) is 5.60. The summed E-state index contributed by atoms with van der Waals surface area (Å²) in [5.74, 6) is 0.948. The standard InChI is InChI=1S/C10H13BrN2O/c11-9-2-1-5-12-10(9)13(6-7-14)8-3-4-8/h1-2,5,8,14H,3-4,6-7H2. The van der Waals surface area contributed by atoms with Crippen molar-refractivity contribution >= 4 is 21.7 Å². The van der Waals surface area contributed by atoms with Crippen LogP contribution in [0.2, 0.25) is 0 Å². The second kappa shape index (κ2) is 4.28. The van der Waals surface area contributed by atoms with Crippen LogP contribution in [0.15, 0.2) is 22.8 Å². The van der Waals surface area contributed by atoms with Crippen molar-refractivity contribution in [3.8, 4) is 0 Å². The van der Waals surface area contributed by atoms with Crippen LogP contribution < -0.4 is 4.90 Å². The summed E-state index contributed by atoms with van der Waals surface area (Å²) in [7, 11) is 0. The Bertz CT molecular complexity index is 315. The highest BCUT2D eigenvalue weighted by Crippen LogP contribution is 2.33. The third kappa shape index (κ3) is 2.07. The average Bonchev–Trinajstić information content (AvgIpc) is 2.99. The van der Waals surface area contributed by atoms with Crippen molar-refractivity contribution in [2.75, 3.05) is 18.1 Å². The van der Waals surface area contributed by atoms with Gasteiger partial charge in [0.15, 0.2) is 0 Å². The third-order valence-corrected chi connectivity index (χ3v) is 2.96. The van der Waals surface area contributed by atoms with Gasteiger partial charge in [0.1, 0.15) is 5.82 Å². The van der Waals surface area contributed by atoms with E-state index in [1.165, 1.54) is 12.8 Å². The quantitative estimate of drug-likeness (QED) is 0.893. The minimum Gasteiger partial charge on any atom is -0.395 e. The maximum Gasteiger partial charge on any atom is 0.143 e. The van der Waals surface area contributed by atoms with Gasteiger partial charge in [-0.2, -0.15) is 0 Å². The minimum atomic E-state index is 0.180. The summed E-state index contributed by atoms with van der Waals surface area (Å²) in [4.78, 5) is 6.50. The normalized spacial score (nSPS) is 15.6. The predicted octanol–water partition coefficient (Wildman–Crippen LogP) is 1.81. The van der Waals surface area contributed by atoms with Crippen molar-refractivity contribution in [3.63, 3.8) is 0 Å². The number of nitrogens with zero attached hydrogens (tertiary/aromatic N) is 2. The van der Waals surface area contributed by atoms with Gasteiger partial charge in [-0.1, -0.05) is 0 Å². The molecule has 0 spiro atoms. The number of halogens is 1. The smallest absolute Gasteiger partial charge is 0.143 e. The molecular weight excluding hydrogens is 244 g/mol. The Morgan fingerprint density at radius 1 is 1.57 bits per heavy atom. The molecule has 0 unspecified atom stereocenters. The average molecular weight is 257 g/mol. The first-order valence-electron chi connectivity index (χ1n) is 4.81. The monoisotopic (exact) mass is 256 g/mol. The minimum absolute atomic E-state index is 0.180. The number of aliphatic hydroxyl groups excluding tert-OH is 1. The van der Waals surface area contributed by atoms with E-state index in [-0.39, 0.29) is 6.61 Å². The zero-order valence-electron chi connectivity index (χ0n) is 7.86. The van der Waals surface area contributed by atoms with Crippen LogP contribution in [0.25, 0.3) is 0 Å².